The van der Waals surface area contributed by atoms with Crippen molar-refractivity contribution in [1.29, 1.82) is 0 Å². The van der Waals surface area contributed by atoms with Gasteiger partial charge in [0.25, 0.3) is 0 Å². The number of rotatable bonds is 2. The minimum atomic E-state index is -0.713. The first-order chi connectivity index (χ1) is 3.77. The summed E-state index contributed by atoms with van der Waals surface area (Å²) in [7, 11) is 1.73. The lowest BCUT2D eigenvalue weighted by atomic mass is 10.4. The number of alkyl halides is 1. The SMILES string of the molecule is CC.CNCC(C)F. The van der Waals surface area contributed by atoms with E-state index in [9.17, 15) is 4.39 Å². The van der Waals surface area contributed by atoms with E-state index in [0.717, 1.165) is 0 Å². The Kier molecular flexibility index (Phi) is 13.5. The normalized spacial score (nSPS) is 11.6. The third kappa shape index (κ3) is 16.9. The van der Waals surface area contributed by atoms with Crippen LogP contribution >= 0.6 is 0 Å². The van der Waals surface area contributed by atoms with Gasteiger partial charge in [0, 0.05) is 6.54 Å². The zero-order valence-electron chi connectivity index (χ0n) is 6.16. The maximum absolute atomic E-state index is 11.6. The Morgan fingerprint density at radius 2 is 1.88 bits per heavy atom. The van der Waals surface area contributed by atoms with Gasteiger partial charge in [0.1, 0.15) is 6.17 Å². The second-order valence-corrected chi connectivity index (χ2v) is 1.34. The minimum absolute atomic E-state index is 0.458. The third-order valence-corrected chi connectivity index (χ3v) is 0.485. The van der Waals surface area contributed by atoms with E-state index < -0.39 is 6.17 Å². The number of halogens is 1. The monoisotopic (exact) mass is 121 g/mol. The van der Waals surface area contributed by atoms with Gasteiger partial charge in [0.15, 0.2) is 0 Å². The van der Waals surface area contributed by atoms with E-state index in [4.69, 9.17) is 0 Å². The van der Waals surface area contributed by atoms with Crippen molar-refractivity contribution in [3.63, 3.8) is 0 Å². The van der Waals surface area contributed by atoms with Gasteiger partial charge in [-0.1, -0.05) is 13.8 Å². The standard InChI is InChI=1S/C4H10FN.C2H6/c1-4(5)3-6-2;1-2/h4,6H,3H2,1-2H3;1-2H3. The summed E-state index contributed by atoms with van der Waals surface area (Å²) in [6.45, 7) is 5.98. The van der Waals surface area contributed by atoms with E-state index in [0.29, 0.717) is 6.54 Å². The minimum Gasteiger partial charge on any atom is -0.317 e. The van der Waals surface area contributed by atoms with Crippen LogP contribution in [0.15, 0.2) is 0 Å². The lowest BCUT2D eigenvalue weighted by Gasteiger charge is -1.94. The molecule has 0 saturated heterocycles. The highest BCUT2D eigenvalue weighted by Gasteiger charge is 1.89. The Morgan fingerprint density at radius 1 is 1.50 bits per heavy atom. The molecule has 0 aromatic heterocycles. The van der Waals surface area contributed by atoms with Crippen LogP contribution in [0.25, 0.3) is 0 Å². The second-order valence-electron chi connectivity index (χ2n) is 1.34. The summed E-state index contributed by atoms with van der Waals surface area (Å²) in [6, 6.07) is 0. The first kappa shape index (κ1) is 10.8. The van der Waals surface area contributed by atoms with Gasteiger partial charge in [-0.25, -0.2) is 4.39 Å². The fourth-order valence-corrected chi connectivity index (χ4v) is 0.281. The number of hydrogen-bond donors (Lipinski definition) is 1. The Labute approximate surface area is 51.3 Å². The average molecular weight is 121 g/mol. The highest BCUT2D eigenvalue weighted by molar-refractivity contribution is 4.45. The van der Waals surface area contributed by atoms with Gasteiger partial charge in [-0.15, -0.1) is 0 Å². The summed E-state index contributed by atoms with van der Waals surface area (Å²) >= 11 is 0. The second kappa shape index (κ2) is 10.00. The van der Waals surface area contributed by atoms with Crippen LogP contribution in [-0.2, 0) is 0 Å². The van der Waals surface area contributed by atoms with Gasteiger partial charge in [-0.05, 0) is 14.0 Å². The number of nitrogens with one attached hydrogen (secondary N) is 1. The molecule has 0 aromatic carbocycles. The van der Waals surface area contributed by atoms with Crippen LogP contribution in [0.3, 0.4) is 0 Å². The topological polar surface area (TPSA) is 12.0 Å². The molecule has 0 spiro atoms. The summed E-state index contributed by atoms with van der Waals surface area (Å²) in [6.07, 6.45) is -0.713. The molecule has 1 unspecified atom stereocenters. The summed E-state index contributed by atoms with van der Waals surface area (Å²) in [5.41, 5.74) is 0. The van der Waals surface area contributed by atoms with Crippen molar-refractivity contribution in [2.75, 3.05) is 13.6 Å². The van der Waals surface area contributed by atoms with Gasteiger partial charge in [-0.3, -0.25) is 0 Å². The molecule has 0 saturated carbocycles. The molecule has 0 bridgehead atoms. The van der Waals surface area contributed by atoms with Crippen molar-refractivity contribution in [3.8, 4) is 0 Å². The van der Waals surface area contributed by atoms with Crippen LogP contribution in [0.4, 0.5) is 4.39 Å². The van der Waals surface area contributed by atoms with Gasteiger partial charge in [-0.2, -0.15) is 0 Å². The predicted octanol–water partition coefficient (Wildman–Crippen LogP) is 1.59. The molecule has 8 heavy (non-hydrogen) atoms. The van der Waals surface area contributed by atoms with Crippen LogP contribution in [0, 0.1) is 0 Å². The maximum Gasteiger partial charge on any atom is 0.110 e. The average Bonchev–Trinajstić information content (AvgIpc) is 1.72. The first-order valence-electron chi connectivity index (χ1n) is 3.06. The molecule has 52 valence electrons. The predicted molar refractivity (Wildman–Crippen MR) is 35.8 cm³/mol. The van der Waals surface area contributed by atoms with Crippen LogP contribution in [-0.4, -0.2) is 19.8 Å². The van der Waals surface area contributed by atoms with E-state index in [1.807, 2.05) is 13.8 Å². The molecule has 0 aliphatic carbocycles. The van der Waals surface area contributed by atoms with Crippen molar-refractivity contribution < 1.29 is 4.39 Å². The Balaban J connectivity index is 0. The lowest BCUT2D eigenvalue weighted by molar-refractivity contribution is 0.353. The summed E-state index contributed by atoms with van der Waals surface area (Å²) in [5.74, 6) is 0. The van der Waals surface area contributed by atoms with Crippen molar-refractivity contribution >= 4 is 0 Å². The van der Waals surface area contributed by atoms with Crippen LogP contribution in [0.5, 0.6) is 0 Å². The van der Waals surface area contributed by atoms with E-state index in [-0.39, 0.29) is 0 Å². The molecule has 1 N–H and O–H groups in total. The van der Waals surface area contributed by atoms with Crippen molar-refractivity contribution in [3.05, 3.63) is 0 Å². The molecule has 1 atom stereocenters. The maximum atomic E-state index is 11.6. The lowest BCUT2D eigenvalue weighted by Crippen LogP contribution is -2.16. The van der Waals surface area contributed by atoms with Gasteiger partial charge >= 0.3 is 0 Å². The largest absolute Gasteiger partial charge is 0.317 e. The van der Waals surface area contributed by atoms with Crippen molar-refractivity contribution in [2.24, 2.45) is 0 Å². The van der Waals surface area contributed by atoms with Gasteiger partial charge in [0.05, 0.1) is 0 Å². The fraction of sp³-hybridized carbons (Fsp3) is 1.00. The van der Waals surface area contributed by atoms with E-state index >= 15 is 0 Å². The Hall–Kier alpha value is -0.110. The van der Waals surface area contributed by atoms with E-state index in [2.05, 4.69) is 5.32 Å². The molecule has 0 heterocycles. The Morgan fingerprint density at radius 3 is 1.88 bits per heavy atom. The van der Waals surface area contributed by atoms with Crippen LogP contribution < -0.4 is 5.32 Å². The van der Waals surface area contributed by atoms with E-state index in [1.165, 1.54) is 6.92 Å². The molecule has 2 heteroatoms. The summed E-state index contributed by atoms with van der Waals surface area (Å²) in [4.78, 5) is 0. The molecular formula is C6H16FN. The fourth-order valence-electron chi connectivity index (χ4n) is 0.281. The smallest absolute Gasteiger partial charge is 0.110 e. The summed E-state index contributed by atoms with van der Waals surface area (Å²) < 4.78 is 11.6. The molecule has 1 nitrogen and oxygen atoms in total. The molecule has 0 aromatic rings. The zero-order chi connectivity index (χ0) is 6.99. The van der Waals surface area contributed by atoms with Crippen LogP contribution in [0.1, 0.15) is 20.8 Å². The van der Waals surface area contributed by atoms with Crippen LogP contribution in [0.2, 0.25) is 0 Å². The van der Waals surface area contributed by atoms with Gasteiger partial charge < -0.3 is 5.32 Å². The summed E-state index contributed by atoms with van der Waals surface area (Å²) in [5, 5.41) is 2.69. The molecule has 0 rings (SSSR count). The Bertz CT molecular complexity index is 29.7. The highest BCUT2D eigenvalue weighted by Crippen LogP contribution is 1.80. The van der Waals surface area contributed by atoms with E-state index in [1.54, 1.807) is 7.05 Å². The molecule has 0 radical (unpaired) electrons. The quantitative estimate of drug-likeness (QED) is 0.585. The number of hydrogen-bond acceptors (Lipinski definition) is 1. The molecule has 0 fully saturated rings. The molecule has 0 aliphatic rings. The molecule has 0 aliphatic heterocycles. The van der Waals surface area contributed by atoms with Crippen molar-refractivity contribution in [2.45, 2.75) is 26.9 Å². The molecular weight excluding hydrogens is 105 g/mol. The van der Waals surface area contributed by atoms with Gasteiger partial charge in [0.2, 0.25) is 0 Å². The first-order valence-corrected chi connectivity index (χ1v) is 3.06. The highest BCUT2D eigenvalue weighted by atomic mass is 19.1. The van der Waals surface area contributed by atoms with Crippen molar-refractivity contribution in [1.82, 2.24) is 5.32 Å². The third-order valence-electron chi connectivity index (χ3n) is 0.485. The zero-order valence-corrected chi connectivity index (χ0v) is 6.16. The molecule has 0 amide bonds.